The van der Waals surface area contributed by atoms with E-state index in [1.165, 1.54) is 29.3 Å². The Bertz CT molecular complexity index is 473. The molecule has 1 unspecified atom stereocenters. The van der Waals surface area contributed by atoms with Gasteiger partial charge in [0.25, 0.3) is 5.91 Å². The molecule has 2 aliphatic heterocycles. The van der Waals surface area contributed by atoms with Gasteiger partial charge in [-0.2, -0.15) is 11.8 Å². The maximum atomic E-state index is 12.5. The lowest BCUT2D eigenvalue weighted by atomic mass is 10.2. The van der Waals surface area contributed by atoms with Crippen LogP contribution in [0.25, 0.3) is 0 Å². The van der Waals surface area contributed by atoms with Gasteiger partial charge in [0.05, 0.1) is 4.88 Å². The Morgan fingerprint density at radius 1 is 1.30 bits per heavy atom. The number of nitrogens with zero attached hydrogens (tertiary/aromatic N) is 2. The second kappa shape index (κ2) is 6.81. The van der Waals surface area contributed by atoms with Gasteiger partial charge in [0.2, 0.25) is 0 Å². The van der Waals surface area contributed by atoms with Gasteiger partial charge in [0, 0.05) is 47.8 Å². The minimum absolute atomic E-state index is 0.198. The summed E-state index contributed by atoms with van der Waals surface area (Å²) in [6.45, 7) is 3.94. The molecule has 20 heavy (non-hydrogen) atoms. The number of carbonyl (C=O) groups excluding carboxylic acids is 1. The zero-order chi connectivity index (χ0) is 13.9. The number of thiophene rings is 1. The molecule has 6 heteroatoms. The van der Waals surface area contributed by atoms with Crippen LogP contribution >= 0.6 is 39.0 Å². The monoisotopic (exact) mass is 374 g/mol. The average molecular weight is 375 g/mol. The molecule has 0 N–H and O–H groups in total. The van der Waals surface area contributed by atoms with Crippen LogP contribution in [0.2, 0.25) is 0 Å². The van der Waals surface area contributed by atoms with E-state index in [2.05, 4.69) is 32.6 Å². The minimum Gasteiger partial charge on any atom is -0.337 e. The van der Waals surface area contributed by atoms with E-state index in [9.17, 15) is 4.79 Å². The van der Waals surface area contributed by atoms with Crippen LogP contribution in [0.3, 0.4) is 0 Å². The summed E-state index contributed by atoms with van der Waals surface area (Å²) in [6.07, 6.45) is 2.41. The number of halogens is 1. The Hall–Kier alpha value is -0.0400. The van der Waals surface area contributed by atoms with Crippen molar-refractivity contribution in [3.63, 3.8) is 0 Å². The van der Waals surface area contributed by atoms with Crippen molar-refractivity contribution in [2.45, 2.75) is 18.9 Å². The molecule has 1 atom stereocenters. The van der Waals surface area contributed by atoms with Gasteiger partial charge in [-0.1, -0.05) is 0 Å². The first-order chi connectivity index (χ1) is 9.74. The van der Waals surface area contributed by atoms with Crippen LogP contribution in [0.15, 0.2) is 15.9 Å². The topological polar surface area (TPSA) is 23.6 Å². The quantitative estimate of drug-likeness (QED) is 0.794. The van der Waals surface area contributed by atoms with Crippen LogP contribution in [0.4, 0.5) is 0 Å². The molecule has 3 nitrogen and oxygen atoms in total. The van der Waals surface area contributed by atoms with E-state index in [0.29, 0.717) is 0 Å². The number of hydrogen-bond donors (Lipinski definition) is 0. The molecule has 2 saturated heterocycles. The average Bonchev–Trinajstić information content (AvgIpc) is 3.05. The van der Waals surface area contributed by atoms with E-state index in [0.717, 1.165) is 48.0 Å². The van der Waals surface area contributed by atoms with Crippen LogP contribution in [-0.2, 0) is 0 Å². The van der Waals surface area contributed by atoms with Crippen molar-refractivity contribution in [2.75, 3.05) is 37.7 Å². The fourth-order valence-corrected chi connectivity index (χ4v) is 5.55. The Morgan fingerprint density at radius 2 is 2.20 bits per heavy atom. The van der Waals surface area contributed by atoms with Gasteiger partial charge >= 0.3 is 0 Å². The third kappa shape index (κ3) is 3.40. The largest absolute Gasteiger partial charge is 0.337 e. The predicted octanol–water partition coefficient (Wildman–Crippen LogP) is 3.16. The maximum absolute atomic E-state index is 12.5. The summed E-state index contributed by atoms with van der Waals surface area (Å²) in [4.78, 5) is 18.0. The molecule has 1 aromatic rings. The van der Waals surface area contributed by atoms with Gasteiger partial charge in [-0.25, -0.2) is 0 Å². The second-order valence-electron chi connectivity index (χ2n) is 5.33. The van der Waals surface area contributed by atoms with Gasteiger partial charge in [0.15, 0.2) is 0 Å². The van der Waals surface area contributed by atoms with E-state index in [4.69, 9.17) is 0 Å². The number of thioether (sulfide) groups is 1. The number of carbonyl (C=O) groups is 1. The van der Waals surface area contributed by atoms with E-state index in [1.54, 1.807) is 0 Å². The SMILES string of the molecule is O=C(c1cc(Br)cs1)N1CCCN(C2CCSC2)CC1. The first-order valence-corrected chi connectivity index (χ1v) is 9.92. The normalized spacial score (nSPS) is 24.9. The van der Waals surface area contributed by atoms with Gasteiger partial charge in [-0.05, 0) is 40.6 Å². The van der Waals surface area contributed by atoms with Crippen molar-refractivity contribution >= 4 is 44.9 Å². The summed E-state index contributed by atoms with van der Waals surface area (Å²) >= 11 is 7.02. The first kappa shape index (κ1) is 14.9. The molecule has 0 saturated carbocycles. The number of hydrogen-bond acceptors (Lipinski definition) is 4. The highest BCUT2D eigenvalue weighted by molar-refractivity contribution is 9.10. The lowest BCUT2D eigenvalue weighted by Crippen LogP contribution is -2.39. The van der Waals surface area contributed by atoms with Crippen molar-refractivity contribution in [2.24, 2.45) is 0 Å². The second-order valence-corrected chi connectivity index (χ2v) is 8.31. The van der Waals surface area contributed by atoms with Crippen LogP contribution in [0.5, 0.6) is 0 Å². The summed E-state index contributed by atoms with van der Waals surface area (Å²) in [5.41, 5.74) is 0. The Balaban J connectivity index is 1.60. The zero-order valence-corrected chi connectivity index (χ0v) is 14.6. The van der Waals surface area contributed by atoms with Crippen molar-refractivity contribution in [3.05, 3.63) is 20.8 Å². The molecule has 110 valence electrons. The zero-order valence-electron chi connectivity index (χ0n) is 11.4. The first-order valence-electron chi connectivity index (χ1n) is 7.09. The smallest absolute Gasteiger partial charge is 0.264 e. The fourth-order valence-electron chi connectivity index (χ4n) is 2.90. The van der Waals surface area contributed by atoms with Crippen molar-refractivity contribution in [3.8, 4) is 0 Å². The summed E-state index contributed by atoms with van der Waals surface area (Å²) < 4.78 is 1.00. The van der Waals surface area contributed by atoms with Crippen molar-refractivity contribution < 1.29 is 4.79 Å². The van der Waals surface area contributed by atoms with Crippen LogP contribution in [-0.4, -0.2) is 59.4 Å². The predicted molar refractivity (Wildman–Crippen MR) is 89.8 cm³/mol. The van der Waals surface area contributed by atoms with Crippen molar-refractivity contribution in [1.29, 1.82) is 0 Å². The number of amides is 1. The Kier molecular flexibility index (Phi) is 5.07. The molecule has 2 aliphatic rings. The van der Waals surface area contributed by atoms with Gasteiger partial charge < -0.3 is 4.90 Å². The third-order valence-electron chi connectivity index (χ3n) is 4.02. The van der Waals surface area contributed by atoms with Gasteiger partial charge in [-0.3, -0.25) is 9.69 Å². The summed E-state index contributed by atoms with van der Waals surface area (Å²) in [5, 5.41) is 1.98. The molecule has 3 rings (SSSR count). The maximum Gasteiger partial charge on any atom is 0.264 e. The highest BCUT2D eigenvalue weighted by atomic mass is 79.9. The molecule has 0 radical (unpaired) electrons. The van der Waals surface area contributed by atoms with E-state index in [-0.39, 0.29) is 5.91 Å². The fraction of sp³-hybridized carbons (Fsp3) is 0.643. The van der Waals surface area contributed by atoms with E-state index in [1.807, 2.05) is 16.3 Å². The molecular formula is C14H19BrN2OS2. The molecule has 2 fully saturated rings. The van der Waals surface area contributed by atoms with Crippen molar-refractivity contribution in [1.82, 2.24) is 9.80 Å². The van der Waals surface area contributed by atoms with E-state index < -0.39 is 0 Å². The highest BCUT2D eigenvalue weighted by Crippen LogP contribution is 2.25. The summed E-state index contributed by atoms with van der Waals surface area (Å²) in [6, 6.07) is 2.68. The Morgan fingerprint density at radius 3 is 2.90 bits per heavy atom. The molecule has 1 aromatic heterocycles. The molecule has 0 aromatic carbocycles. The lowest BCUT2D eigenvalue weighted by molar-refractivity contribution is 0.0763. The van der Waals surface area contributed by atoms with Crippen LogP contribution in [0, 0.1) is 0 Å². The molecule has 0 aliphatic carbocycles. The summed E-state index contributed by atoms with van der Waals surface area (Å²) in [5.74, 6) is 2.77. The number of rotatable bonds is 2. The molecule has 0 spiro atoms. The van der Waals surface area contributed by atoms with Crippen LogP contribution < -0.4 is 0 Å². The standard InChI is InChI=1S/C14H19BrN2OS2/c15-11-8-13(20-9-11)14(18)17-4-1-3-16(5-6-17)12-2-7-19-10-12/h8-9,12H,1-7,10H2. The highest BCUT2D eigenvalue weighted by Gasteiger charge is 2.27. The lowest BCUT2D eigenvalue weighted by Gasteiger charge is -2.26. The minimum atomic E-state index is 0.198. The molecule has 1 amide bonds. The Labute approximate surface area is 136 Å². The van der Waals surface area contributed by atoms with Gasteiger partial charge in [0.1, 0.15) is 0 Å². The van der Waals surface area contributed by atoms with Gasteiger partial charge in [-0.15, -0.1) is 11.3 Å². The molecule has 0 bridgehead atoms. The molecular weight excluding hydrogens is 356 g/mol. The van der Waals surface area contributed by atoms with E-state index >= 15 is 0 Å². The van der Waals surface area contributed by atoms with Crippen LogP contribution in [0.1, 0.15) is 22.5 Å². The summed E-state index contributed by atoms with van der Waals surface area (Å²) in [7, 11) is 0. The molecule has 3 heterocycles. The third-order valence-corrected chi connectivity index (χ3v) is 6.84.